The number of ketones is 1. The van der Waals surface area contributed by atoms with Gasteiger partial charge in [-0.25, -0.2) is 4.79 Å². The molecule has 0 saturated carbocycles. The molecule has 1 N–H and O–H groups in total. The molecular formula is C34H35N3O5. The summed E-state index contributed by atoms with van der Waals surface area (Å²) in [4.78, 5) is 44.5. The van der Waals surface area contributed by atoms with E-state index in [0.717, 1.165) is 12.0 Å². The lowest BCUT2D eigenvalue weighted by molar-refractivity contribution is -0.141. The lowest BCUT2D eigenvalue weighted by Gasteiger charge is -2.22. The van der Waals surface area contributed by atoms with Crippen molar-refractivity contribution in [2.24, 2.45) is 0 Å². The molecule has 8 heteroatoms. The van der Waals surface area contributed by atoms with Gasteiger partial charge in [0.05, 0.1) is 19.2 Å². The van der Waals surface area contributed by atoms with Gasteiger partial charge in [-0.15, -0.1) is 0 Å². The SMILES string of the molecule is CCCN(CCOc1ccc(CC(Nc2ccccc2C(=O)c2ccccc2)C(=O)OC)cc1)C(=O)c1cccnc1. The number of para-hydroxylation sites is 1. The van der Waals surface area contributed by atoms with Crippen LogP contribution in [0, 0.1) is 0 Å². The van der Waals surface area contributed by atoms with Crippen molar-refractivity contribution in [3.63, 3.8) is 0 Å². The number of anilines is 1. The molecule has 1 heterocycles. The van der Waals surface area contributed by atoms with Gasteiger partial charge in [0, 0.05) is 42.2 Å². The van der Waals surface area contributed by atoms with Gasteiger partial charge < -0.3 is 19.7 Å². The van der Waals surface area contributed by atoms with E-state index < -0.39 is 12.0 Å². The first-order valence-electron chi connectivity index (χ1n) is 13.9. The van der Waals surface area contributed by atoms with Gasteiger partial charge in [-0.05, 0) is 48.4 Å². The van der Waals surface area contributed by atoms with Gasteiger partial charge in [-0.1, -0.05) is 61.5 Å². The van der Waals surface area contributed by atoms with E-state index >= 15 is 0 Å². The molecule has 8 nitrogen and oxygen atoms in total. The van der Waals surface area contributed by atoms with Crippen LogP contribution >= 0.6 is 0 Å². The van der Waals surface area contributed by atoms with E-state index in [1.165, 1.54) is 7.11 Å². The molecule has 0 spiro atoms. The van der Waals surface area contributed by atoms with Crippen LogP contribution in [-0.4, -0.2) is 60.4 Å². The highest BCUT2D eigenvalue weighted by molar-refractivity contribution is 6.12. The molecule has 0 bridgehead atoms. The third-order valence-electron chi connectivity index (χ3n) is 6.71. The Morgan fingerprint density at radius 3 is 2.26 bits per heavy atom. The number of nitrogens with zero attached hydrogens (tertiary/aromatic N) is 2. The number of pyridine rings is 1. The highest BCUT2D eigenvalue weighted by Gasteiger charge is 2.23. The molecule has 1 amide bonds. The van der Waals surface area contributed by atoms with Gasteiger partial charge >= 0.3 is 5.97 Å². The van der Waals surface area contributed by atoms with Crippen LogP contribution < -0.4 is 10.1 Å². The Balaban J connectivity index is 1.39. The molecule has 3 aromatic carbocycles. The zero-order chi connectivity index (χ0) is 29.7. The Morgan fingerprint density at radius 2 is 1.57 bits per heavy atom. The summed E-state index contributed by atoms with van der Waals surface area (Å²) in [5, 5.41) is 3.23. The minimum Gasteiger partial charge on any atom is -0.492 e. The van der Waals surface area contributed by atoms with E-state index in [0.29, 0.717) is 54.2 Å². The van der Waals surface area contributed by atoms with Gasteiger partial charge in [0.25, 0.3) is 5.91 Å². The summed E-state index contributed by atoms with van der Waals surface area (Å²) in [5.41, 5.74) is 3.03. The van der Waals surface area contributed by atoms with Crippen LogP contribution in [0.25, 0.3) is 0 Å². The molecule has 4 aromatic rings. The number of amides is 1. The number of methoxy groups -OCH3 is 1. The van der Waals surface area contributed by atoms with Crippen molar-refractivity contribution < 1.29 is 23.9 Å². The number of nitrogens with one attached hydrogen (secondary N) is 1. The fourth-order valence-electron chi connectivity index (χ4n) is 4.56. The molecule has 0 radical (unpaired) electrons. The van der Waals surface area contributed by atoms with Crippen molar-refractivity contribution >= 4 is 23.3 Å². The van der Waals surface area contributed by atoms with Crippen LogP contribution in [0.3, 0.4) is 0 Å². The maximum Gasteiger partial charge on any atom is 0.328 e. The fraction of sp³-hybridized carbons (Fsp3) is 0.235. The van der Waals surface area contributed by atoms with Crippen LogP contribution in [0.2, 0.25) is 0 Å². The zero-order valence-corrected chi connectivity index (χ0v) is 23.9. The molecule has 0 saturated heterocycles. The minimum absolute atomic E-state index is 0.0720. The predicted molar refractivity (Wildman–Crippen MR) is 162 cm³/mol. The van der Waals surface area contributed by atoms with Crippen molar-refractivity contribution in [3.05, 3.63) is 126 Å². The molecular weight excluding hydrogens is 530 g/mol. The van der Waals surface area contributed by atoms with Crippen LogP contribution in [0.15, 0.2) is 103 Å². The minimum atomic E-state index is -0.715. The smallest absolute Gasteiger partial charge is 0.328 e. The summed E-state index contributed by atoms with van der Waals surface area (Å²) in [6.07, 6.45) is 4.38. The summed E-state index contributed by atoms with van der Waals surface area (Å²) < 4.78 is 11.0. The van der Waals surface area contributed by atoms with Gasteiger partial charge in [-0.3, -0.25) is 14.6 Å². The third-order valence-corrected chi connectivity index (χ3v) is 6.71. The van der Waals surface area contributed by atoms with Gasteiger partial charge in [0.1, 0.15) is 18.4 Å². The van der Waals surface area contributed by atoms with E-state index in [4.69, 9.17) is 9.47 Å². The third kappa shape index (κ3) is 8.04. The molecule has 216 valence electrons. The fourth-order valence-corrected chi connectivity index (χ4v) is 4.56. The van der Waals surface area contributed by atoms with Gasteiger partial charge in [-0.2, -0.15) is 0 Å². The lowest BCUT2D eigenvalue weighted by atomic mass is 10.00. The van der Waals surface area contributed by atoms with Crippen molar-refractivity contribution in [2.75, 3.05) is 32.1 Å². The Morgan fingerprint density at radius 1 is 0.857 bits per heavy atom. The summed E-state index contributed by atoms with van der Waals surface area (Å²) in [7, 11) is 1.34. The van der Waals surface area contributed by atoms with Crippen molar-refractivity contribution in [1.82, 2.24) is 9.88 Å². The van der Waals surface area contributed by atoms with Crippen LogP contribution in [-0.2, 0) is 16.0 Å². The van der Waals surface area contributed by atoms with Crippen molar-refractivity contribution in [1.29, 1.82) is 0 Å². The van der Waals surface area contributed by atoms with E-state index in [9.17, 15) is 14.4 Å². The predicted octanol–water partition coefficient (Wildman–Crippen LogP) is 5.44. The molecule has 4 rings (SSSR count). The highest BCUT2D eigenvalue weighted by atomic mass is 16.5. The quantitative estimate of drug-likeness (QED) is 0.161. The molecule has 1 unspecified atom stereocenters. The van der Waals surface area contributed by atoms with Crippen molar-refractivity contribution in [3.8, 4) is 5.75 Å². The molecule has 0 aliphatic carbocycles. The molecule has 0 fully saturated rings. The Bertz CT molecular complexity index is 1460. The number of ether oxygens (including phenoxy) is 2. The number of esters is 1. The summed E-state index contributed by atoms with van der Waals surface area (Å²) >= 11 is 0. The number of rotatable bonds is 14. The number of benzene rings is 3. The molecule has 0 aliphatic heterocycles. The number of aromatic nitrogens is 1. The molecule has 1 aromatic heterocycles. The maximum atomic E-state index is 13.2. The Hall–Kier alpha value is -4.98. The maximum absolute atomic E-state index is 13.2. The lowest BCUT2D eigenvalue weighted by Crippen LogP contribution is -2.35. The number of carbonyl (C=O) groups excluding carboxylic acids is 3. The van der Waals surface area contributed by atoms with E-state index in [2.05, 4.69) is 10.3 Å². The van der Waals surface area contributed by atoms with E-state index in [1.807, 2.05) is 55.5 Å². The average molecular weight is 566 g/mol. The van der Waals surface area contributed by atoms with Crippen LogP contribution in [0.5, 0.6) is 5.75 Å². The summed E-state index contributed by atoms with van der Waals surface area (Å²) in [6.45, 7) is 3.43. The monoisotopic (exact) mass is 565 g/mol. The second-order valence-electron chi connectivity index (χ2n) is 9.69. The van der Waals surface area contributed by atoms with Crippen LogP contribution in [0.4, 0.5) is 5.69 Å². The Labute approximate surface area is 246 Å². The molecule has 0 aliphatic rings. The topological polar surface area (TPSA) is 97.8 Å². The second-order valence-corrected chi connectivity index (χ2v) is 9.69. The summed E-state index contributed by atoms with van der Waals surface area (Å²) in [6, 6.07) is 26.4. The summed E-state index contributed by atoms with van der Waals surface area (Å²) in [5.74, 6) is 0.0118. The largest absolute Gasteiger partial charge is 0.492 e. The zero-order valence-electron chi connectivity index (χ0n) is 23.9. The second kappa shape index (κ2) is 15.1. The first-order valence-corrected chi connectivity index (χ1v) is 13.9. The van der Waals surface area contributed by atoms with E-state index in [-0.39, 0.29) is 11.7 Å². The first-order chi connectivity index (χ1) is 20.5. The normalized spacial score (nSPS) is 11.3. The molecule has 1 atom stereocenters. The molecule has 42 heavy (non-hydrogen) atoms. The standard InChI is InChI=1S/C34H35N3O5/c1-3-20-37(33(39)27-12-9-19-35-24-27)21-22-42-28-17-15-25(16-18-28)23-31(34(40)41-2)36-30-14-8-7-13-29(30)32(38)26-10-5-4-6-11-26/h4-19,24,31,36H,3,20-23H2,1-2H3. The highest BCUT2D eigenvalue weighted by Crippen LogP contribution is 2.22. The first kappa shape index (κ1) is 30.0. The van der Waals surface area contributed by atoms with Gasteiger partial charge in [0.2, 0.25) is 0 Å². The number of hydrogen-bond acceptors (Lipinski definition) is 7. The van der Waals surface area contributed by atoms with E-state index in [1.54, 1.807) is 59.8 Å². The Kier molecular flexibility index (Phi) is 10.8. The average Bonchev–Trinajstić information content (AvgIpc) is 3.04. The van der Waals surface area contributed by atoms with Gasteiger partial charge in [0.15, 0.2) is 5.78 Å². The number of carbonyl (C=O) groups is 3. The van der Waals surface area contributed by atoms with Crippen LogP contribution in [0.1, 0.15) is 45.2 Å². The number of hydrogen-bond donors (Lipinski definition) is 1. The van der Waals surface area contributed by atoms with Crippen molar-refractivity contribution in [2.45, 2.75) is 25.8 Å².